The van der Waals surface area contributed by atoms with Crippen LogP contribution in [0, 0.1) is 0 Å². The average Bonchev–Trinajstić information content (AvgIpc) is 2.53. The number of carbonyl (C=O) groups excluding carboxylic acids is 2. The van der Waals surface area contributed by atoms with Gasteiger partial charge in [-0.15, -0.1) is 0 Å². The van der Waals surface area contributed by atoms with E-state index in [-0.39, 0.29) is 35.7 Å². The highest BCUT2D eigenvalue weighted by Gasteiger charge is 2.28. The van der Waals surface area contributed by atoms with Gasteiger partial charge in [0.2, 0.25) is 0 Å². The number of aliphatic hydroxyl groups excluding tert-OH is 1. The molecule has 1 aliphatic carbocycles. The Balaban J connectivity index is 2.26. The maximum Gasteiger partial charge on any atom is 0.170 e. The number of ether oxygens (including phenoxy) is 1. The molecule has 0 spiro atoms. The molecule has 0 radical (unpaired) electrons. The molecule has 2 aromatic rings. The van der Waals surface area contributed by atoms with Gasteiger partial charge in [0.25, 0.3) is 0 Å². The molecule has 0 atom stereocenters. The van der Waals surface area contributed by atoms with E-state index >= 15 is 0 Å². The smallest absolute Gasteiger partial charge is 0.170 e. The van der Waals surface area contributed by atoms with E-state index in [0.717, 1.165) is 0 Å². The molecule has 5 nitrogen and oxygen atoms in total. The van der Waals surface area contributed by atoms with Crippen LogP contribution in [-0.4, -0.2) is 28.8 Å². The molecule has 0 amide bonds. The van der Waals surface area contributed by atoms with Crippen molar-refractivity contribution < 1.29 is 19.4 Å². The number of rotatable bonds is 2. The Kier molecular flexibility index (Phi) is 3.63. The minimum Gasteiger partial charge on any atom is -0.506 e. The summed E-state index contributed by atoms with van der Waals surface area (Å²) in [4.78, 5) is 28.2. The van der Waals surface area contributed by atoms with E-state index < -0.39 is 0 Å². The van der Waals surface area contributed by atoms with Crippen molar-refractivity contribution in [3.63, 3.8) is 0 Å². The third kappa shape index (κ3) is 2.24. The summed E-state index contributed by atoms with van der Waals surface area (Å²) in [6.45, 7) is 0. The van der Waals surface area contributed by atoms with Crippen molar-refractivity contribution in [3.05, 3.63) is 41.6 Å². The molecule has 1 aromatic carbocycles. The van der Waals surface area contributed by atoms with E-state index in [1.807, 2.05) is 0 Å². The fourth-order valence-electron chi connectivity index (χ4n) is 2.73. The molecular weight excluding hydrogens is 282 g/mol. The number of fused-ring (bicyclic) bond motifs is 1. The maximum atomic E-state index is 12.0. The van der Waals surface area contributed by atoms with Crippen molar-refractivity contribution in [2.75, 3.05) is 7.11 Å². The first kappa shape index (κ1) is 14.3. The molecule has 22 heavy (non-hydrogen) atoms. The summed E-state index contributed by atoms with van der Waals surface area (Å²) in [5, 5.41) is 11.2. The highest BCUT2D eigenvalue weighted by atomic mass is 16.5. The summed E-state index contributed by atoms with van der Waals surface area (Å²) < 4.78 is 5.26. The highest BCUT2D eigenvalue weighted by molar-refractivity contribution is 6.26. The number of hydrogen-bond acceptors (Lipinski definition) is 5. The number of methoxy groups -OCH3 is 1. The molecule has 1 N–H and O–H groups in total. The molecule has 1 fully saturated rings. The van der Waals surface area contributed by atoms with Gasteiger partial charge in [-0.25, -0.2) is 0 Å². The number of Topliss-reactive ketones (excluding diaryl/α,β-unsaturated/α-hetero) is 2. The monoisotopic (exact) mass is 297 g/mol. The number of nitrogens with zero attached hydrogens (tertiary/aromatic N) is 1. The number of carbonyl (C=O) groups is 2. The molecular formula is C17H15NO4. The van der Waals surface area contributed by atoms with Crippen molar-refractivity contribution in [1.82, 2.24) is 4.98 Å². The molecule has 0 unspecified atom stereocenters. The van der Waals surface area contributed by atoms with Gasteiger partial charge in [-0.1, -0.05) is 6.07 Å². The number of ketones is 2. The maximum absolute atomic E-state index is 12.0. The summed E-state index contributed by atoms with van der Waals surface area (Å²) in [5.41, 5.74) is 0.898. The fraction of sp³-hybridized carbons (Fsp3) is 0.235. The van der Waals surface area contributed by atoms with Crippen LogP contribution in [0.2, 0.25) is 0 Å². The van der Waals surface area contributed by atoms with Gasteiger partial charge in [-0.3, -0.25) is 14.6 Å². The van der Waals surface area contributed by atoms with Gasteiger partial charge in [-0.2, -0.15) is 0 Å². The second kappa shape index (κ2) is 5.60. The molecule has 0 saturated heterocycles. The van der Waals surface area contributed by atoms with Crippen LogP contribution in [0.5, 0.6) is 5.75 Å². The molecule has 3 rings (SSSR count). The van der Waals surface area contributed by atoms with Gasteiger partial charge in [0, 0.05) is 30.0 Å². The second-order valence-electron chi connectivity index (χ2n) is 5.14. The third-order valence-corrected chi connectivity index (χ3v) is 3.81. The predicted octanol–water partition coefficient (Wildman–Crippen LogP) is 2.83. The molecule has 1 saturated carbocycles. The van der Waals surface area contributed by atoms with Crippen LogP contribution in [0.4, 0.5) is 0 Å². The fourth-order valence-corrected chi connectivity index (χ4v) is 2.73. The molecule has 1 aromatic heterocycles. The summed E-state index contributed by atoms with van der Waals surface area (Å²) in [6, 6.07) is 6.81. The summed E-state index contributed by atoms with van der Waals surface area (Å²) >= 11 is 0. The van der Waals surface area contributed by atoms with E-state index in [4.69, 9.17) is 4.74 Å². The Morgan fingerprint density at radius 3 is 2.59 bits per heavy atom. The summed E-state index contributed by atoms with van der Waals surface area (Å²) in [7, 11) is 1.54. The van der Waals surface area contributed by atoms with Crippen molar-refractivity contribution >= 4 is 28.2 Å². The topological polar surface area (TPSA) is 76.5 Å². The van der Waals surface area contributed by atoms with Crippen LogP contribution >= 0.6 is 0 Å². The van der Waals surface area contributed by atoms with E-state index in [1.165, 1.54) is 7.11 Å². The van der Waals surface area contributed by atoms with Gasteiger partial charge in [0.05, 0.1) is 7.11 Å². The first-order valence-electron chi connectivity index (χ1n) is 7.05. The number of allylic oxidation sites excluding steroid dienone is 1. The molecule has 5 heteroatoms. The highest BCUT2D eigenvalue weighted by Crippen LogP contribution is 2.32. The summed E-state index contributed by atoms with van der Waals surface area (Å²) in [6.07, 6.45) is 2.74. The molecule has 1 heterocycles. The lowest BCUT2D eigenvalue weighted by atomic mass is 9.89. The van der Waals surface area contributed by atoms with Gasteiger partial charge in [0.15, 0.2) is 11.6 Å². The second-order valence-corrected chi connectivity index (χ2v) is 5.14. The lowest BCUT2D eigenvalue weighted by Crippen LogP contribution is -2.20. The minimum atomic E-state index is -0.304. The van der Waals surface area contributed by atoms with Crippen LogP contribution in [-0.2, 0) is 9.59 Å². The number of aliphatic hydroxyl groups is 1. The van der Waals surface area contributed by atoms with Crippen molar-refractivity contribution in [1.29, 1.82) is 0 Å². The zero-order valence-corrected chi connectivity index (χ0v) is 12.1. The van der Waals surface area contributed by atoms with Gasteiger partial charge in [0.1, 0.15) is 22.6 Å². The number of pyridine rings is 1. The van der Waals surface area contributed by atoms with Gasteiger partial charge >= 0.3 is 0 Å². The van der Waals surface area contributed by atoms with Gasteiger partial charge < -0.3 is 9.84 Å². The standard InChI is InChI=1S/C17H15NO4/c1-22-14-8-7-11(10-4-3-9-18-16(10)14)17(21)15-12(19)5-2-6-13(15)20/h3-4,7-9,21H,2,5-6H2,1H3. The van der Waals surface area contributed by atoms with Crippen molar-refractivity contribution in [3.8, 4) is 5.75 Å². The lowest BCUT2D eigenvalue weighted by Gasteiger charge is -2.15. The van der Waals surface area contributed by atoms with E-state index in [1.54, 1.807) is 30.5 Å². The Bertz CT molecular complexity index is 789. The van der Waals surface area contributed by atoms with E-state index in [2.05, 4.69) is 4.98 Å². The number of benzene rings is 1. The number of hydrogen-bond donors (Lipinski definition) is 1. The normalized spacial score (nSPS) is 15.2. The molecule has 1 aliphatic rings. The average molecular weight is 297 g/mol. The van der Waals surface area contributed by atoms with Crippen LogP contribution in [0.3, 0.4) is 0 Å². The summed E-state index contributed by atoms with van der Waals surface area (Å²) in [5.74, 6) is -0.308. The number of aromatic nitrogens is 1. The third-order valence-electron chi connectivity index (χ3n) is 3.81. The molecule has 0 aliphatic heterocycles. The van der Waals surface area contributed by atoms with E-state index in [0.29, 0.717) is 28.6 Å². The SMILES string of the molecule is COc1ccc(C(O)=C2C(=O)CCCC2=O)c2cccnc12. The minimum absolute atomic E-state index is 0.0958. The largest absolute Gasteiger partial charge is 0.506 e. The Labute approximate surface area is 127 Å². The lowest BCUT2D eigenvalue weighted by molar-refractivity contribution is -0.123. The Morgan fingerprint density at radius 2 is 1.91 bits per heavy atom. The zero-order chi connectivity index (χ0) is 15.7. The first-order chi connectivity index (χ1) is 10.6. The predicted molar refractivity (Wildman–Crippen MR) is 81.7 cm³/mol. The first-order valence-corrected chi connectivity index (χ1v) is 7.05. The van der Waals surface area contributed by atoms with Crippen LogP contribution in [0.25, 0.3) is 16.7 Å². The van der Waals surface area contributed by atoms with Crippen LogP contribution in [0.1, 0.15) is 24.8 Å². The van der Waals surface area contributed by atoms with E-state index in [9.17, 15) is 14.7 Å². The van der Waals surface area contributed by atoms with Gasteiger partial charge in [-0.05, 0) is 24.6 Å². The van der Waals surface area contributed by atoms with Crippen LogP contribution < -0.4 is 4.74 Å². The molecule has 112 valence electrons. The zero-order valence-electron chi connectivity index (χ0n) is 12.1. The quantitative estimate of drug-likeness (QED) is 0.524. The molecule has 0 bridgehead atoms. The van der Waals surface area contributed by atoms with Crippen molar-refractivity contribution in [2.24, 2.45) is 0 Å². The Morgan fingerprint density at radius 1 is 1.18 bits per heavy atom. The van der Waals surface area contributed by atoms with Crippen molar-refractivity contribution in [2.45, 2.75) is 19.3 Å². The van der Waals surface area contributed by atoms with Crippen LogP contribution in [0.15, 0.2) is 36.0 Å². The Hall–Kier alpha value is -2.69.